The summed E-state index contributed by atoms with van der Waals surface area (Å²) >= 11 is 0. The standard InChI is InChI=1S/C24H22N4O3/c1-13(2)31-21(29)12-30-17-7-5-16(6-8-17)9-18-14(3)19(10-25)23-22(18)15(4)20(11-26)24(27)28-23/h5-9,13H,12H2,1-4H3,(H2,27,28)/p+1. The highest BCUT2D eigenvalue weighted by Gasteiger charge is 2.32. The number of fused-ring (bicyclic) bond motifs is 1. The lowest BCUT2D eigenvalue weighted by atomic mass is 9.95. The van der Waals surface area contributed by atoms with Crippen molar-refractivity contribution in [2.75, 3.05) is 12.3 Å². The maximum atomic E-state index is 11.6. The number of aromatic nitrogens is 1. The molecule has 1 aromatic heterocycles. The van der Waals surface area contributed by atoms with Crippen molar-refractivity contribution >= 4 is 29.0 Å². The molecule has 1 aliphatic carbocycles. The number of nitrogen functional groups attached to an aromatic ring is 1. The number of nitrogens with two attached hydrogens (primary N) is 1. The quantitative estimate of drug-likeness (QED) is 0.746. The molecule has 1 aromatic carbocycles. The molecular formula is C24H23N4O3+. The highest BCUT2D eigenvalue weighted by molar-refractivity contribution is 6.07. The first-order valence-corrected chi connectivity index (χ1v) is 9.78. The van der Waals surface area contributed by atoms with Crippen LogP contribution in [0.15, 0.2) is 29.8 Å². The predicted molar refractivity (Wildman–Crippen MR) is 116 cm³/mol. The molecule has 3 rings (SSSR count). The summed E-state index contributed by atoms with van der Waals surface area (Å²) in [4.78, 5) is 14.6. The summed E-state index contributed by atoms with van der Waals surface area (Å²) in [5.74, 6) is 0.370. The summed E-state index contributed by atoms with van der Waals surface area (Å²) in [6.07, 6.45) is 1.76. The number of nitrogens with zero attached hydrogens (tertiary/aromatic N) is 2. The fourth-order valence-corrected chi connectivity index (χ4v) is 3.54. The number of esters is 1. The molecule has 0 saturated heterocycles. The molecule has 3 N–H and O–H groups in total. The van der Waals surface area contributed by atoms with Gasteiger partial charge in [-0.2, -0.15) is 10.5 Å². The number of hydrogen-bond acceptors (Lipinski definition) is 6. The van der Waals surface area contributed by atoms with Gasteiger partial charge in [0.05, 0.1) is 6.10 Å². The number of benzene rings is 1. The topological polar surface area (TPSA) is 123 Å². The third-order valence-electron chi connectivity index (χ3n) is 4.97. The Hall–Kier alpha value is -4.10. The van der Waals surface area contributed by atoms with Gasteiger partial charge >= 0.3 is 5.97 Å². The second-order valence-electron chi connectivity index (χ2n) is 7.47. The van der Waals surface area contributed by atoms with E-state index in [-0.39, 0.29) is 18.5 Å². The molecule has 0 unspecified atom stereocenters. The van der Waals surface area contributed by atoms with Crippen molar-refractivity contribution in [3.8, 4) is 17.9 Å². The van der Waals surface area contributed by atoms with Crippen LogP contribution in [-0.2, 0) is 9.53 Å². The zero-order chi connectivity index (χ0) is 22.7. The number of rotatable bonds is 5. The Bertz CT molecular complexity index is 1190. The van der Waals surface area contributed by atoms with Gasteiger partial charge in [-0.15, -0.1) is 0 Å². The Balaban J connectivity index is 1.93. The lowest BCUT2D eigenvalue weighted by Crippen LogP contribution is -2.20. The van der Waals surface area contributed by atoms with E-state index in [2.05, 4.69) is 17.1 Å². The molecule has 1 heterocycles. The van der Waals surface area contributed by atoms with Gasteiger partial charge < -0.3 is 9.47 Å². The number of carbonyl (C=O) groups is 1. The van der Waals surface area contributed by atoms with Crippen LogP contribution in [0, 0.1) is 29.6 Å². The van der Waals surface area contributed by atoms with Crippen LogP contribution in [0.4, 0.5) is 5.82 Å². The molecule has 0 aliphatic heterocycles. The lowest BCUT2D eigenvalue weighted by Gasteiger charge is -2.10. The highest BCUT2D eigenvalue weighted by atomic mass is 16.6. The molecule has 0 bridgehead atoms. The first kappa shape index (κ1) is 21.6. The number of H-pyrrole nitrogens is 1. The Morgan fingerprint density at radius 3 is 2.45 bits per heavy atom. The van der Waals surface area contributed by atoms with Crippen molar-refractivity contribution in [2.45, 2.75) is 33.8 Å². The highest BCUT2D eigenvalue weighted by Crippen LogP contribution is 2.42. The molecule has 7 heteroatoms. The summed E-state index contributed by atoms with van der Waals surface area (Å²) in [7, 11) is 0. The second kappa shape index (κ2) is 8.73. The zero-order valence-corrected chi connectivity index (χ0v) is 17.9. The van der Waals surface area contributed by atoms with Crippen molar-refractivity contribution in [3.05, 3.63) is 57.8 Å². The van der Waals surface area contributed by atoms with Gasteiger partial charge in [-0.1, -0.05) is 12.1 Å². The van der Waals surface area contributed by atoms with Gasteiger partial charge in [0.15, 0.2) is 12.3 Å². The van der Waals surface area contributed by atoms with Crippen LogP contribution in [0.2, 0.25) is 0 Å². The molecule has 0 fully saturated rings. The molecule has 0 radical (unpaired) electrons. The minimum Gasteiger partial charge on any atom is -0.482 e. The van der Waals surface area contributed by atoms with Crippen LogP contribution in [0.5, 0.6) is 5.75 Å². The summed E-state index contributed by atoms with van der Waals surface area (Å²) in [5.41, 5.74) is 11.6. The zero-order valence-electron chi connectivity index (χ0n) is 17.9. The van der Waals surface area contributed by atoms with Crippen molar-refractivity contribution in [1.29, 1.82) is 10.5 Å². The summed E-state index contributed by atoms with van der Waals surface area (Å²) in [6, 6.07) is 11.6. The fraction of sp³-hybridized carbons (Fsp3) is 0.250. The Labute approximate surface area is 181 Å². The molecule has 156 valence electrons. The van der Waals surface area contributed by atoms with Crippen molar-refractivity contribution in [2.24, 2.45) is 0 Å². The van der Waals surface area contributed by atoms with Gasteiger partial charge in [-0.25, -0.2) is 9.78 Å². The van der Waals surface area contributed by atoms with Crippen LogP contribution in [-0.4, -0.2) is 18.7 Å². The van der Waals surface area contributed by atoms with E-state index in [1.54, 1.807) is 26.0 Å². The Kier molecular flexibility index (Phi) is 6.08. The van der Waals surface area contributed by atoms with E-state index in [0.717, 1.165) is 27.8 Å². The van der Waals surface area contributed by atoms with E-state index in [9.17, 15) is 15.3 Å². The average molecular weight is 415 g/mol. The number of nitriles is 2. The molecule has 1 aliphatic rings. The number of ether oxygens (including phenoxy) is 2. The lowest BCUT2D eigenvalue weighted by molar-refractivity contribution is -0.364. The summed E-state index contributed by atoms with van der Waals surface area (Å²) in [5, 5.41) is 19.1. The third kappa shape index (κ3) is 4.26. The molecule has 0 spiro atoms. The number of nitrogens with one attached hydrogen (secondary N) is 1. The number of allylic oxidation sites excluding steroid dienone is 3. The van der Waals surface area contributed by atoms with E-state index in [1.165, 1.54) is 0 Å². The van der Waals surface area contributed by atoms with Gasteiger partial charge in [0.25, 0.3) is 5.82 Å². The fourth-order valence-electron chi connectivity index (χ4n) is 3.54. The van der Waals surface area contributed by atoms with E-state index < -0.39 is 5.97 Å². The smallest absolute Gasteiger partial charge is 0.344 e. The third-order valence-corrected chi connectivity index (χ3v) is 4.97. The van der Waals surface area contributed by atoms with Crippen LogP contribution in [0.1, 0.15) is 48.7 Å². The Morgan fingerprint density at radius 2 is 1.87 bits per heavy atom. The van der Waals surface area contributed by atoms with E-state index in [1.807, 2.05) is 32.1 Å². The van der Waals surface area contributed by atoms with Gasteiger partial charge in [0, 0.05) is 5.56 Å². The van der Waals surface area contributed by atoms with Gasteiger partial charge in [-0.3, -0.25) is 5.73 Å². The van der Waals surface area contributed by atoms with Crippen molar-refractivity contribution < 1.29 is 19.3 Å². The number of hydrogen-bond donors (Lipinski definition) is 1. The van der Waals surface area contributed by atoms with Crippen LogP contribution in [0.25, 0.3) is 17.2 Å². The minimum atomic E-state index is -0.423. The molecule has 7 nitrogen and oxygen atoms in total. The number of anilines is 1. The van der Waals surface area contributed by atoms with E-state index in [4.69, 9.17) is 15.2 Å². The van der Waals surface area contributed by atoms with Crippen LogP contribution >= 0.6 is 0 Å². The van der Waals surface area contributed by atoms with Gasteiger partial charge in [0.1, 0.15) is 29.0 Å². The van der Waals surface area contributed by atoms with Crippen LogP contribution < -0.4 is 15.5 Å². The first-order valence-electron chi connectivity index (χ1n) is 9.78. The van der Waals surface area contributed by atoms with E-state index >= 15 is 0 Å². The molecule has 2 aromatic rings. The van der Waals surface area contributed by atoms with E-state index in [0.29, 0.717) is 22.6 Å². The molecule has 0 saturated carbocycles. The molecule has 0 amide bonds. The van der Waals surface area contributed by atoms with Gasteiger partial charge in [0.2, 0.25) is 0 Å². The van der Waals surface area contributed by atoms with Gasteiger partial charge in [-0.05, 0) is 68.2 Å². The Morgan fingerprint density at radius 1 is 1.19 bits per heavy atom. The minimum absolute atomic E-state index is 0.160. The maximum Gasteiger partial charge on any atom is 0.344 e. The summed E-state index contributed by atoms with van der Waals surface area (Å²) < 4.78 is 10.5. The average Bonchev–Trinajstić information content (AvgIpc) is 2.98. The SMILES string of the molecule is CC1=C(C#N)c2[nH+]c(N)c(C#N)c(C)c2C1=Cc1ccc(OCC(=O)OC(C)C)cc1. The first-order chi connectivity index (χ1) is 14.8. The summed E-state index contributed by atoms with van der Waals surface area (Å²) in [6.45, 7) is 7.10. The van der Waals surface area contributed by atoms with Crippen LogP contribution in [0.3, 0.4) is 0 Å². The molecular weight excluding hydrogens is 392 g/mol. The molecule has 0 atom stereocenters. The maximum absolute atomic E-state index is 11.6. The number of pyridine rings is 1. The largest absolute Gasteiger partial charge is 0.482 e. The monoisotopic (exact) mass is 415 g/mol. The number of carbonyl (C=O) groups excluding carboxylic acids is 1. The van der Waals surface area contributed by atoms with Crippen molar-refractivity contribution in [3.63, 3.8) is 0 Å². The number of aromatic amines is 1. The van der Waals surface area contributed by atoms with Crippen molar-refractivity contribution in [1.82, 2.24) is 0 Å². The molecule has 31 heavy (non-hydrogen) atoms. The second-order valence-corrected chi connectivity index (χ2v) is 7.47. The normalized spacial score (nSPS) is 13.7. The predicted octanol–water partition coefficient (Wildman–Crippen LogP) is 3.44.